The molecule has 0 N–H and O–H groups in total. The van der Waals surface area contributed by atoms with E-state index in [2.05, 4.69) is 0 Å². The van der Waals surface area contributed by atoms with E-state index in [9.17, 15) is 4.79 Å². The van der Waals surface area contributed by atoms with Gasteiger partial charge in [0.05, 0.1) is 12.2 Å². The summed E-state index contributed by atoms with van der Waals surface area (Å²) in [5.74, 6) is 1.98. The minimum Gasteiger partial charge on any atom is -0.489 e. The Kier molecular flexibility index (Phi) is 5.14. The Hall–Kier alpha value is -3.28. The molecule has 0 bridgehead atoms. The lowest BCUT2D eigenvalue weighted by Gasteiger charge is -2.21. The van der Waals surface area contributed by atoms with Crippen LogP contribution in [0.2, 0.25) is 5.02 Å². The topological polar surface area (TPSA) is 54.0 Å². The molecular weight excluding hydrogens is 416 g/mol. The van der Waals surface area contributed by atoms with Gasteiger partial charge in [-0.25, -0.2) is 0 Å². The zero-order valence-electron chi connectivity index (χ0n) is 16.8. The van der Waals surface area contributed by atoms with Crippen molar-refractivity contribution in [3.8, 4) is 17.2 Å². The van der Waals surface area contributed by atoms with Crippen molar-refractivity contribution in [2.45, 2.75) is 20.1 Å². The first kappa shape index (κ1) is 19.7. The smallest absolute Gasteiger partial charge is 0.231 e. The van der Waals surface area contributed by atoms with Gasteiger partial charge in [0.25, 0.3) is 0 Å². The van der Waals surface area contributed by atoms with Crippen LogP contribution in [0.3, 0.4) is 0 Å². The molecule has 0 fully saturated rings. The summed E-state index contributed by atoms with van der Waals surface area (Å²) in [5, 5.41) is 0.598. The molecule has 0 aromatic heterocycles. The summed E-state index contributed by atoms with van der Waals surface area (Å²) < 4.78 is 22.7. The van der Waals surface area contributed by atoms with Gasteiger partial charge in [0.15, 0.2) is 12.6 Å². The van der Waals surface area contributed by atoms with Gasteiger partial charge in [-0.3, -0.25) is 4.79 Å². The fourth-order valence-electron chi connectivity index (χ4n) is 3.67. The lowest BCUT2D eigenvalue weighted by molar-refractivity contribution is -0.0175. The van der Waals surface area contributed by atoms with Crippen molar-refractivity contribution in [1.29, 1.82) is 0 Å². The Morgan fingerprint density at radius 2 is 2.00 bits per heavy atom. The van der Waals surface area contributed by atoms with Gasteiger partial charge in [0.1, 0.15) is 23.9 Å². The number of hydrogen-bond donors (Lipinski definition) is 0. The lowest BCUT2D eigenvalue weighted by Crippen LogP contribution is -2.14. The minimum atomic E-state index is -0.137. The molecule has 2 aliphatic heterocycles. The molecule has 0 radical (unpaired) electrons. The van der Waals surface area contributed by atoms with Crippen molar-refractivity contribution in [1.82, 2.24) is 0 Å². The maximum Gasteiger partial charge on any atom is 0.231 e. The first-order chi connectivity index (χ1) is 15.1. The number of rotatable bonds is 4. The highest BCUT2D eigenvalue weighted by Gasteiger charge is 2.28. The van der Waals surface area contributed by atoms with E-state index in [0.717, 1.165) is 28.0 Å². The molecule has 31 heavy (non-hydrogen) atoms. The van der Waals surface area contributed by atoms with Crippen LogP contribution in [0.25, 0.3) is 6.08 Å². The van der Waals surface area contributed by atoms with Crippen LogP contribution in [0.5, 0.6) is 17.2 Å². The molecule has 0 atom stereocenters. The number of halogens is 1. The summed E-state index contributed by atoms with van der Waals surface area (Å²) in [4.78, 5) is 12.7. The third kappa shape index (κ3) is 3.90. The molecule has 0 spiro atoms. The molecule has 5 rings (SSSR count). The van der Waals surface area contributed by atoms with Gasteiger partial charge >= 0.3 is 0 Å². The Morgan fingerprint density at radius 1 is 1.13 bits per heavy atom. The van der Waals surface area contributed by atoms with Gasteiger partial charge in [-0.1, -0.05) is 35.9 Å². The number of fused-ring (bicyclic) bond motifs is 2. The molecule has 0 saturated heterocycles. The number of aryl methyl sites for hydroxylation is 1. The first-order valence-corrected chi connectivity index (χ1v) is 10.2. The Bertz CT molecular complexity index is 1210. The molecule has 2 aliphatic rings. The van der Waals surface area contributed by atoms with Gasteiger partial charge in [-0.05, 0) is 48.4 Å². The maximum atomic E-state index is 12.7. The Labute approximate surface area is 184 Å². The number of carbonyl (C=O) groups excluding carboxylic acids is 1. The standard InChI is InChI=1S/C25H19ClO5/c1-15-4-2-3-5-16(15)10-23-24(27)21-7-6-20(11-22(21)31-23)29-13-18-9-19(26)8-17-12-28-14-30-25(17)18/h2-11H,12-14H2,1H3/b23-10-. The van der Waals surface area contributed by atoms with Crippen LogP contribution in [0.4, 0.5) is 0 Å². The van der Waals surface area contributed by atoms with E-state index in [-0.39, 0.29) is 19.2 Å². The summed E-state index contributed by atoms with van der Waals surface area (Å²) in [6.45, 7) is 2.91. The second kappa shape index (κ2) is 8.10. The molecule has 0 amide bonds. The predicted octanol–water partition coefficient (Wildman–Crippen LogP) is 5.71. The van der Waals surface area contributed by atoms with Gasteiger partial charge in [0, 0.05) is 22.2 Å². The number of hydrogen-bond acceptors (Lipinski definition) is 5. The van der Waals surface area contributed by atoms with Gasteiger partial charge in [-0.15, -0.1) is 0 Å². The largest absolute Gasteiger partial charge is 0.489 e. The van der Waals surface area contributed by atoms with Crippen LogP contribution in [0.1, 0.15) is 32.6 Å². The molecule has 3 aromatic rings. The molecular formula is C25H19ClO5. The summed E-state index contributed by atoms with van der Waals surface area (Å²) in [6, 6.07) is 16.7. The predicted molar refractivity (Wildman–Crippen MR) is 117 cm³/mol. The average molecular weight is 435 g/mol. The number of ketones is 1. The second-order valence-corrected chi connectivity index (χ2v) is 7.84. The zero-order valence-corrected chi connectivity index (χ0v) is 17.6. The van der Waals surface area contributed by atoms with Crippen molar-refractivity contribution in [2.75, 3.05) is 6.79 Å². The first-order valence-electron chi connectivity index (χ1n) is 9.87. The number of allylic oxidation sites excluding steroid dienone is 1. The molecule has 5 nitrogen and oxygen atoms in total. The zero-order chi connectivity index (χ0) is 21.4. The van der Waals surface area contributed by atoms with E-state index in [1.54, 1.807) is 24.3 Å². The molecule has 6 heteroatoms. The van der Waals surface area contributed by atoms with Crippen LogP contribution < -0.4 is 14.2 Å². The molecule has 0 unspecified atom stereocenters. The van der Waals surface area contributed by atoms with E-state index in [0.29, 0.717) is 34.5 Å². The lowest BCUT2D eigenvalue weighted by atomic mass is 10.1. The van der Waals surface area contributed by atoms with Gasteiger partial charge in [-0.2, -0.15) is 0 Å². The van der Waals surface area contributed by atoms with Crippen LogP contribution in [-0.2, 0) is 18.0 Å². The molecule has 3 aromatic carbocycles. The van der Waals surface area contributed by atoms with Crippen LogP contribution >= 0.6 is 11.6 Å². The quantitative estimate of drug-likeness (QED) is 0.492. The van der Waals surface area contributed by atoms with Crippen LogP contribution in [0, 0.1) is 6.92 Å². The highest BCUT2D eigenvalue weighted by atomic mass is 35.5. The van der Waals surface area contributed by atoms with Crippen molar-refractivity contribution >= 4 is 23.5 Å². The Balaban J connectivity index is 1.36. The number of ether oxygens (including phenoxy) is 4. The highest BCUT2D eigenvalue weighted by Crippen LogP contribution is 2.36. The number of Topliss-reactive ketones (excluding diaryl/α,β-unsaturated/α-hetero) is 1. The molecule has 0 saturated carbocycles. The van der Waals surface area contributed by atoms with E-state index < -0.39 is 0 Å². The summed E-state index contributed by atoms with van der Waals surface area (Å²) in [5.41, 5.74) is 4.27. The molecule has 156 valence electrons. The fraction of sp³-hybridized carbons (Fsp3) is 0.160. The third-order valence-electron chi connectivity index (χ3n) is 5.26. The van der Waals surface area contributed by atoms with E-state index >= 15 is 0 Å². The Morgan fingerprint density at radius 3 is 2.87 bits per heavy atom. The van der Waals surface area contributed by atoms with Crippen molar-refractivity contribution < 1.29 is 23.7 Å². The number of benzene rings is 3. The average Bonchev–Trinajstić information content (AvgIpc) is 3.08. The van der Waals surface area contributed by atoms with Crippen LogP contribution in [0.15, 0.2) is 60.4 Å². The van der Waals surface area contributed by atoms with E-state index in [1.165, 1.54) is 0 Å². The maximum absolute atomic E-state index is 12.7. The third-order valence-corrected chi connectivity index (χ3v) is 5.48. The van der Waals surface area contributed by atoms with Gasteiger partial charge < -0.3 is 18.9 Å². The molecule has 2 heterocycles. The normalized spacial score (nSPS) is 15.8. The van der Waals surface area contributed by atoms with Crippen molar-refractivity contribution in [2.24, 2.45) is 0 Å². The van der Waals surface area contributed by atoms with Gasteiger partial charge in [0.2, 0.25) is 5.78 Å². The van der Waals surface area contributed by atoms with Crippen LogP contribution in [-0.4, -0.2) is 12.6 Å². The van der Waals surface area contributed by atoms with Crippen molar-refractivity contribution in [3.63, 3.8) is 0 Å². The summed E-state index contributed by atoms with van der Waals surface area (Å²) in [7, 11) is 0. The van der Waals surface area contributed by atoms with E-state index in [4.69, 9.17) is 30.5 Å². The number of carbonyl (C=O) groups is 1. The van der Waals surface area contributed by atoms with E-state index in [1.807, 2.05) is 43.3 Å². The summed E-state index contributed by atoms with van der Waals surface area (Å²) >= 11 is 6.22. The van der Waals surface area contributed by atoms with Crippen molar-refractivity contribution in [3.05, 3.63) is 93.2 Å². The second-order valence-electron chi connectivity index (χ2n) is 7.41. The fourth-order valence-corrected chi connectivity index (χ4v) is 3.94. The SMILES string of the molecule is Cc1ccccc1/C=C1\Oc2cc(OCc3cc(Cl)cc4c3OCOC4)ccc2C1=O. The monoisotopic (exact) mass is 434 g/mol. The highest BCUT2D eigenvalue weighted by molar-refractivity contribution is 6.30. The molecule has 0 aliphatic carbocycles. The summed E-state index contributed by atoms with van der Waals surface area (Å²) in [6.07, 6.45) is 1.77. The minimum absolute atomic E-state index is 0.137.